The van der Waals surface area contributed by atoms with Gasteiger partial charge in [-0.2, -0.15) is 0 Å². The molecule has 3 amide bonds. The number of nitrogens with one attached hydrogen (secondary N) is 2. The minimum atomic E-state index is -0.464. The Bertz CT molecular complexity index is 778. The second-order valence-corrected chi connectivity index (χ2v) is 7.35. The highest BCUT2D eigenvalue weighted by Crippen LogP contribution is 2.19. The summed E-state index contributed by atoms with van der Waals surface area (Å²) in [5.41, 5.74) is 1.13. The third kappa shape index (κ3) is 5.01. The molecule has 0 aliphatic carbocycles. The second-order valence-electron chi connectivity index (χ2n) is 6.49. The van der Waals surface area contributed by atoms with E-state index in [2.05, 4.69) is 22.5 Å². The normalized spacial score (nSPS) is 17.0. The van der Waals surface area contributed by atoms with Gasteiger partial charge in [0.25, 0.3) is 0 Å². The quantitative estimate of drug-likeness (QED) is 0.854. The molecule has 2 aromatic rings. The summed E-state index contributed by atoms with van der Waals surface area (Å²) < 4.78 is 12.9. The second kappa shape index (κ2) is 8.27. The molecular formula is C18H21FN4O2S. The topological polar surface area (TPSA) is 74.3 Å². The molecule has 1 aromatic heterocycles. The largest absolute Gasteiger partial charge is 0.342 e. The number of hydrogen-bond acceptors (Lipinski definition) is 4. The van der Waals surface area contributed by atoms with Crippen LogP contribution in [0.2, 0.25) is 0 Å². The van der Waals surface area contributed by atoms with Crippen molar-refractivity contribution in [2.75, 3.05) is 23.7 Å². The molecule has 0 bridgehead atoms. The van der Waals surface area contributed by atoms with E-state index >= 15 is 0 Å². The third-order valence-electron chi connectivity index (χ3n) is 4.22. The molecule has 2 N–H and O–H groups in total. The van der Waals surface area contributed by atoms with Gasteiger partial charge in [0.15, 0.2) is 5.13 Å². The predicted octanol–water partition coefficient (Wildman–Crippen LogP) is 3.73. The maximum absolute atomic E-state index is 12.9. The van der Waals surface area contributed by atoms with Crippen molar-refractivity contribution in [1.82, 2.24) is 9.88 Å². The van der Waals surface area contributed by atoms with Crippen LogP contribution in [-0.4, -0.2) is 34.9 Å². The van der Waals surface area contributed by atoms with Gasteiger partial charge in [-0.25, -0.2) is 14.2 Å². The van der Waals surface area contributed by atoms with Crippen molar-refractivity contribution >= 4 is 34.1 Å². The number of likely N-dealkylation sites (tertiary alicyclic amines) is 1. The van der Waals surface area contributed by atoms with Crippen molar-refractivity contribution in [2.45, 2.75) is 26.2 Å². The number of thiazole rings is 1. The van der Waals surface area contributed by atoms with Crippen molar-refractivity contribution in [2.24, 2.45) is 5.92 Å². The molecule has 0 saturated carbocycles. The average Bonchev–Trinajstić information content (AvgIpc) is 3.03. The lowest BCUT2D eigenvalue weighted by molar-refractivity contribution is -0.132. The lowest BCUT2D eigenvalue weighted by Gasteiger charge is -2.30. The zero-order valence-corrected chi connectivity index (χ0v) is 15.3. The number of carbonyl (C=O) groups excluding carboxylic acids is 2. The molecule has 1 unspecified atom stereocenters. The molecule has 1 aromatic carbocycles. The Labute approximate surface area is 155 Å². The number of carbonyl (C=O) groups is 2. The number of halogens is 1. The van der Waals surface area contributed by atoms with E-state index in [0.29, 0.717) is 22.4 Å². The molecule has 0 radical (unpaired) electrons. The molecule has 8 heteroatoms. The summed E-state index contributed by atoms with van der Waals surface area (Å²) in [6.07, 6.45) is 2.45. The van der Waals surface area contributed by atoms with E-state index in [1.165, 1.54) is 35.6 Å². The van der Waals surface area contributed by atoms with Gasteiger partial charge in [-0.1, -0.05) is 6.92 Å². The number of anilines is 2. The molecule has 6 nitrogen and oxygen atoms in total. The first-order valence-electron chi connectivity index (χ1n) is 8.55. The van der Waals surface area contributed by atoms with Crippen molar-refractivity contribution in [3.8, 4) is 0 Å². The summed E-state index contributed by atoms with van der Waals surface area (Å²) in [6, 6.07) is 5.02. The Balaban J connectivity index is 1.51. The zero-order valence-electron chi connectivity index (χ0n) is 14.5. The van der Waals surface area contributed by atoms with Crippen LogP contribution in [0.25, 0.3) is 0 Å². The molecule has 1 saturated heterocycles. The van der Waals surface area contributed by atoms with Gasteiger partial charge in [-0.05, 0) is 43.0 Å². The van der Waals surface area contributed by atoms with E-state index in [1.54, 1.807) is 5.38 Å². The Kier molecular flexibility index (Phi) is 5.82. The Morgan fingerprint density at radius 3 is 2.81 bits per heavy atom. The van der Waals surface area contributed by atoms with Crippen molar-refractivity contribution < 1.29 is 14.0 Å². The van der Waals surface area contributed by atoms with Crippen molar-refractivity contribution in [3.63, 3.8) is 0 Å². The monoisotopic (exact) mass is 376 g/mol. The maximum atomic E-state index is 12.9. The standard InChI is InChI=1S/C18H21FN4O2S/c1-12-3-2-8-23(10-12)16(24)9-15-11-26-18(21-15)22-17(25)20-14-6-4-13(19)5-7-14/h4-7,11-12H,2-3,8-10H2,1H3,(H2,20,21,22,25). The molecule has 1 aliphatic heterocycles. The highest BCUT2D eigenvalue weighted by Gasteiger charge is 2.21. The molecule has 3 rings (SSSR count). The number of urea groups is 1. The maximum Gasteiger partial charge on any atom is 0.325 e. The SMILES string of the molecule is CC1CCCN(C(=O)Cc2csc(NC(=O)Nc3ccc(F)cc3)n2)C1. The number of nitrogens with zero attached hydrogens (tertiary/aromatic N) is 2. The summed E-state index contributed by atoms with van der Waals surface area (Å²) >= 11 is 1.27. The molecule has 1 fully saturated rings. The minimum Gasteiger partial charge on any atom is -0.342 e. The van der Waals surface area contributed by atoms with E-state index in [-0.39, 0.29) is 18.1 Å². The first-order valence-corrected chi connectivity index (χ1v) is 9.43. The highest BCUT2D eigenvalue weighted by molar-refractivity contribution is 7.14. The van der Waals surface area contributed by atoms with E-state index in [0.717, 1.165) is 25.9 Å². The Hall–Kier alpha value is -2.48. The molecule has 1 aliphatic rings. The Morgan fingerprint density at radius 2 is 2.08 bits per heavy atom. The van der Waals surface area contributed by atoms with Gasteiger partial charge >= 0.3 is 6.03 Å². The molecule has 0 spiro atoms. The van der Waals surface area contributed by atoms with Crippen LogP contribution in [0.4, 0.5) is 20.0 Å². The summed E-state index contributed by atoms with van der Waals surface area (Å²) in [6.45, 7) is 3.76. The summed E-state index contributed by atoms with van der Waals surface area (Å²) in [4.78, 5) is 30.5. The van der Waals surface area contributed by atoms with Crippen LogP contribution in [0, 0.1) is 11.7 Å². The molecule has 1 atom stereocenters. The van der Waals surface area contributed by atoms with Crippen LogP contribution in [0.5, 0.6) is 0 Å². The van der Waals surface area contributed by atoms with Crippen LogP contribution in [-0.2, 0) is 11.2 Å². The van der Waals surface area contributed by atoms with Gasteiger partial charge in [0.05, 0.1) is 12.1 Å². The fourth-order valence-corrected chi connectivity index (χ4v) is 3.63. The van der Waals surface area contributed by atoms with E-state index in [4.69, 9.17) is 0 Å². The lowest BCUT2D eigenvalue weighted by Crippen LogP contribution is -2.39. The number of rotatable bonds is 4. The van der Waals surface area contributed by atoms with E-state index in [9.17, 15) is 14.0 Å². The Morgan fingerprint density at radius 1 is 1.31 bits per heavy atom. The number of hydrogen-bond donors (Lipinski definition) is 2. The minimum absolute atomic E-state index is 0.0733. The predicted molar refractivity (Wildman–Crippen MR) is 99.8 cm³/mol. The van der Waals surface area contributed by atoms with Crippen LogP contribution in [0.1, 0.15) is 25.5 Å². The lowest BCUT2D eigenvalue weighted by atomic mass is 10.00. The number of piperidine rings is 1. The summed E-state index contributed by atoms with van der Waals surface area (Å²) in [7, 11) is 0. The van der Waals surface area contributed by atoms with E-state index < -0.39 is 6.03 Å². The molecule has 138 valence electrons. The van der Waals surface area contributed by atoms with Gasteiger partial charge in [0, 0.05) is 24.2 Å². The van der Waals surface area contributed by atoms with Crippen molar-refractivity contribution in [3.05, 3.63) is 41.2 Å². The van der Waals surface area contributed by atoms with Gasteiger partial charge in [0.1, 0.15) is 5.82 Å². The highest BCUT2D eigenvalue weighted by atomic mass is 32.1. The first-order chi connectivity index (χ1) is 12.5. The summed E-state index contributed by atoms with van der Waals surface area (Å²) in [5.74, 6) is 0.243. The van der Waals surface area contributed by atoms with Gasteiger partial charge in [-0.15, -0.1) is 11.3 Å². The average molecular weight is 376 g/mol. The number of benzene rings is 1. The first kappa shape index (κ1) is 18.3. The third-order valence-corrected chi connectivity index (χ3v) is 5.02. The molecule has 26 heavy (non-hydrogen) atoms. The van der Waals surface area contributed by atoms with Gasteiger partial charge in [-0.3, -0.25) is 10.1 Å². The van der Waals surface area contributed by atoms with Crippen LogP contribution >= 0.6 is 11.3 Å². The fourth-order valence-electron chi connectivity index (χ4n) is 2.92. The zero-order chi connectivity index (χ0) is 18.5. The number of amides is 3. The van der Waals surface area contributed by atoms with Crippen LogP contribution < -0.4 is 10.6 Å². The van der Waals surface area contributed by atoms with Crippen LogP contribution in [0.3, 0.4) is 0 Å². The van der Waals surface area contributed by atoms with Crippen LogP contribution in [0.15, 0.2) is 29.6 Å². The molecule has 2 heterocycles. The molecular weight excluding hydrogens is 355 g/mol. The van der Waals surface area contributed by atoms with E-state index in [1.807, 2.05) is 4.90 Å². The number of aromatic nitrogens is 1. The van der Waals surface area contributed by atoms with Crippen molar-refractivity contribution in [1.29, 1.82) is 0 Å². The summed E-state index contributed by atoms with van der Waals surface area (Å²) in [5, 5.41) is 7.42. The van der Waals surface area contributed by atoms with Gasteiger partial charge < -0.3 is 10.2 Å². The smallest absolute Gasteiger partial charge is 0.325 e. The fraction of sp³-hybridized carbons (Fsp3) is 0.389. The van der Waals surface area contributed by atoms with Gasteiger partial charge in [0.2, 0.25) is 5.91 Å².